The number of nitrogens with one attached hydrogen (secondary N) is 1. The molecule has 1 aliphatic heterocycles. The lowest BCUT2D eigenvalue weighted by molar-refractivity contribution is -0.286. The molecular formula is C15H12BrF2NO2. The molecule has 0 radical (unpaired) electrons. The highest BCUT2D eigenvalue weighted by Crippen LogP contribution is 2.42. The van der Waals surface area contributed by atoms with Crippen LogP contribution < -0.4 is 14.8 Å². The molecule has 0 amide bonds. The topological polar surface area (TPSA) is 30.5 Å². The number of ether oxygens (including phenoxy) is 2. The largest absolute Gasteiger partial charge is 0.586 e. The van der Waals surface area contributed by atoms with Gasteiger partial charge in [-0.1, -0.05) is 34.1 Å². The van der Waals surface area contributed by atoms with Crippen LogP contribution in [0.5, 0.6) is 11.5 Å². The number of fused-ring (bicyclic) bond motifs is 1. The number of alkyl halides is 2. The molecule has 0 aliphatic carbocycles. The molecule has 1 N–H and O–H groups in total. The van der Waals surface area contributed by atoms with Gasteiger partial charge in [0.2, 0.25) is 0 Å². The SMILES string of the molecule is CC(Nc1ccc2c(c1)OC(F)(F)O2)c1ccccc1Br. The van der Waals surface area contributed by atoms with Crippen LogP contribution in [0.1, 0.15) is 18.5 Å². The van der Waals surface area contributed by atoms with E-state index >= 15 is 0 Å². The summed E-state index contributed by atoms with van der Waals surface area (Å²) in [6.07, 6.45) is -3.59. The smallest absolute Gasteiger partial charge is 0.395 e. The molecule has 110 valence electrons. The molecular weight excluding hydrogens is 344 g/mol. The normalized spacial score (nSPS) is 16.6. The van der Waals surface area contributed by atoms with Crippen molar-refractivity contribution in [3.05, 3.63) is 52.5 Å². The zero-order chi connectivity index (χ0) is 15.0. The lowest BCUT2D eigenvalue weighted by Crippen LogP contribution is -2.25. The van der Waals surface area contributed by atoms with E-state index < -0.39 is 6.29 Å². The maximum atomic E-state index is 13.0. The molecule has 2 aromatic rings. The van der Waals surface area contributed by atoms with Gasteiger partial charge in [0.25, 0.3) is 0 Å². The second-order valence-electron chi connectivity index (χ2n) is 4.72. The minimum absolute atomic E-state index is 0.00135. The van der Waals surface area contributed by atoms with Crippen molar-refractivity contribution in [1.29, 1.82) is 0 Å². The number of benzene rings is 2. The van der Waals surface area contributed by atoms with Gasteiger partial charge in [0.15, 0.2) is 11.5 Å². The summed E-state index contributed by atoms with van der Waals surface area (Å²) < 4.78 is 35.7. The number of rotatable bonds is 3. The molecule has 0 saturated carbocycles. The van der Waals surface area contributed by atoms with Crippen LogP contribution in [-0.4, -0.2) is 6.29 Å². The summed E-state index contributed by atoms with van der Waals surface area (Å²) in [7, 11) is 0. The monoisotopic (exact) mass is 355 g/mol. The van der Waals surface area contributed by atoms with Crippen LogP contribution in [0.2, 0.25) is 0 Å². The molecule has 0 saturated heterocycles. The third-order valence-electron chi connectivity index (χ3n) is 3.16. The molecule has 0 spiro atoms. The van der Waals surface area contributed by atoms with E-state index in [4.69, 9.17) is 0 Å². The average Bonchev–Trinajstić information content (AvgIpc) is 2.72. The van der Waals surface area contributed by atoms with Gasteiger partial charge in [-0.05, 0) is 30.7 Å². The molecule has 1 aliphatic rings. The van der Waals surface area contributed by atoms with Crippen LogP contribution in [0.25, 0.3) is 0 Å². The zero-order valence-electron chi connectivity index (χ0n) is 11.1. The number of hydrogen-bond acceptors (Lipinski definition) is 3. The summed E-state index contributed by atoms with van der Waals surface area (Å²) >= 11 is 3.49. The Morgan fingerprint density at radius 1 is 1.10 bits per heavy atom. The molecule has 0 fully saturated rings. The van der Waals surface area contributed by atoms with Gasteiger partial charge in [0.1, 0.15) is 0 Å². The van der Waals surface area contributed by atoms with Crippen LogP contribution in [0.3, 0.4) is 0 Å². The van der Waals surface area contributed by atoms with Crippen molar-refractivity contribution >= 4 is 21.6 Å². The standard InChI is InChI=1S/C15H12BrF2NO2/c1-9(11-4-2-3-5-12(11)16)19-10-6-7-13-14(8-10)21-15(17,18)20-13/h2-9,19H,1H3. The minimum Gasteiger partial charge on any atom is -0.395 e. The maximum Gasteiger partial charge on any atom is 0.586 e. The van der Waals surface area contributed by atoms with Gasteiger partial charge in [0.05, 0.1) is 0 Å². The molecule has 6 heteroatoms. The van der Waals surface area contributed by atoms with E-state index in [1.807, 2.05) is 31.2 Å². The zero-order valence-corrected chi connectivity index (χ0v) is 12.7. The Morgan fingerprint density at radius 2 is 1.81 bits per heavy atom. The summed E-state index contributed by atoms with van der Waals surface area (Å²) in [5.41, 5.74) is 1.75. The van der Waals surface area contributed by atoms with Crippen molar-refractivity contribution in [2.24, 2.45) is 0 Å². The second kappa shape index (κ2) is 5.18. The summed E-state index contributed by atoms with van der Waals surface area (Å²) in [4.78, 5) is 0. The summed E-state index contributed by atoms with van der Waals surface area (Å²) in [5.74, 6) is 0.0726. The van der Waals surface area contributed by atoms with Gasteiger partial charge in [-0.15, -0.1) is 8.78 Å². The van der Waals surface area contributed by atoms with E-state index in [0.29, 0.717) is 5.69 Å². The minimum atomic E-state index is -3.59. The first kappa shape index (κ1) is 14.1. The van der Waals surface area contributed by atoms with Crippen molar-refractivity contribution in [3.63, 3.8) is 0 Å². The lowest BCUT2D eigenvalue weighted by Gasteiger charge is -2.17. The van der Waals surface area contributed by atoms with Gasteiger partial charge in [0, 0.05) is 22.3 Å². The molecule has 0 aromatic heterocycles. The van der Waals surface area contributed by atoms with Crippen molar-refractivity contribution in [1.82, 2.24) is 0 Å². The van der Waals surface area contributed by atoms with Crippen molar-refractivity contribution in [3.8, 4) is 11.5 Å². The molecule has 21 heavy (non-hydrogen) atoms. The Bertz CT molecular complexity index is 678. The fourth-order valence-electron chi connectivity index (χ4n) is 2.19. The van der Waals surface area contributed by atoms with Crippen LogP contribution in [0.15, 0.2) is 46.9 Å². The fourth-order valence-corrected chi connectivity index (χ4v) is 2.82. The molecule has 3 rings (SSSR count). The Morgan fingerprint density at radius 3 is 2.57 bits per heavy atom. The maximum absolute atomic E-state index is 13.0. The molecule has 1 unspecified atom stereocenters. The third-order valence-corrected chi connectivity index (χ3v) is 3.88. The van der Waals surface area contributed by atoms with E-state index in [9.17, 15) is 8.78 Å². The lowest BCUT2D eigenvalue weighted by atomic mass is 10.1. The first-order valence-electron chi connectivity index (χ1n) is 6.35. The van der Waals surface area contributed by atoms with Gasteiger partial charge in [-0.3, -0.25) is 0 Å². The first-order valence-corrected chi connectivity index (χ1v) is 7.15. The number of hydrogen-bond donors (Lipinski definition) is 1. The Labute approximate surface area is 129 Å². The Hall–Kier alpha value is -1.82. The van der Waals surface area contributed by atoms with Crippen LogP contribution >= 0.6 is 15.9 Å². The van der Waals surface area contributed by atoms with Crippen LogP contribution in [0, 0.1) is 0 Å². The molecule has 2 aromatic carbocycles. The average molecular weight is 356 g/mol. The number of halogens is 3. The molecule has 1 heterocycles. The Balaban J connectivity index is 1.79. The predicted molar refractivity (Wildman–Crippen MR) is 78.8 cm³/mol. The van der Waals surface area contributed by atoms with Gasteiger partial charge >= 0.3 is 6.29 Å². The van der Waals surface area contributed by atoms with E-state index in [-0.39, 0.29) is 17.5 Å². The molecule has 0 bridgehead atoms. The van der Waals surface area contributed by atoms with E-state index in [2.05, 4.69) is 30.7 Å². The van der Waals surface area contributed by atoms with E-state index in [1.165, 1.54) is 12.1 Å². The van der Waals surface area contributed by atoms with Crippen LogP contribution in [0.4, 0.5) is 14.5 Å². The highest BCUT2D eigenvalue weighted by Gasteiger charge is 2.43. The third kappa shape index (κ3) is 2.95. The van der Waals surface area contributed by atoms with Gasteiger partial charge in [-0.25, -0.2) is 0 Å². The van der Waals surface area contributed by atoms with Gasteiger partial charge < -0.3 is 14.8 Å². The van der Waals surface area contributed by atoms with Gasteiger partial charge in [-0.2, -0.15) is 0 Å². The summed E-state index contributed by atoms with van der Waals surface area (Å²) in [6, 6.07) is 12.5. The Kier molecular flexibility index (Phi) is 3.49. The predicted octanol–water partition coefficient (Wildman–Crippen LogP) is 4.94. The van der Waals surface area contributed by atoms with Crippen molar-refractivity contribution in [2.45, 2.75) is 19.3 Å². The molecule has 1 atom stereocenters. The van der Waals surface area contributed by atoms with E-state index in [1.54, 1.807) is 6.07 Å². The quantitative estimate of drug-likeness (QED) is 0.845. The first-order chi connectivity index (χ1) is 9.94. The fraction of sp³-hybridized carbons (Fsp3) is 0.200. The number of anilines is 1. The highest BCUT2D eigenvalue weighted by molar-refractivity contribution is 9.10. The summed E-state index contributed by atoms with van der Waals surface area (Å²) in [6.45, 7) is 1.99. The summed E-state index contributed by atoms with van der Waals surface area (Å²) in [5, 5.41) is 3.25. The van der Waals surface area contributed by atoms with Crippen molar-refractivity contribution < 1.29 is 18.3 Å². The van der Waals surface area contributed by atoms with E-state index in [0.717, 1.165) is 10.0 Å². The molecule has 3 nitrogen and oxygen atoms in total. The highest BCUT2D eigenvalue weighted by atomic mass is 79.9. The van der Waals surface area contributed by atoms with Crippen LogP contribution in [-0.2, 0) is 0 Å². The second-order valence-corrected chi connectivity index (χ2v) is 5.57. The van der Waals surface area contributed by atoms with Crippen molar-refractivity contribution in [2.75, 3.05) is 5.32 Å².